The van der Waals surface area contributed by atoms with Gasteiger partial charge in [-0.1, -0.05) is 49.7 Å². The molecule has 1 aliphatic heterocycles. The summed E-state index contributed by atoms with van der Waals surface area (Å²) in [5.41, 5.74) is 1.48. The summed E-state index contributed by atoms with van der Waals surface area (Å²) in [7, 11) is 0. The molecule has 1 saturated heterocycles. The van der Waals surface area contributed by atoms with Gasteiger partial charge in [-0.3, -0.25) is 14.6 Å². The number of anilines is 1. The third kappa shape index (κ3) is 4.35. The van der Waals surface area contributed by atoms with E-state index in [1.807, 2.05) is 47.4 Å². The smallest absolute Gasteiger partial charge is 0.255 e. The Morgan fingerprint density at radius 1 is 1.07 bits per heavy atom. The fraction of sp³-hybridized carbons (Fsp3) is 0.320. The van der Waals surface area contributed by atoms with Gasteiger partial charge in [-0.15, -0.1) is 0 Å². The second kappa shape index (κ2) is 9.08. The lowest BCUT2D eigenvalue weighted by Crippen LogP contribution is -2.44. The summed E-state index contributed by atoms with van der Waals surface area (Å²) in [4.78, 5) is 31.5. The van der Waals surface area contributed by atoms with Crippen LogP contribution >= 0.6 is 0 Å². The lowest BCUT2D eigenvalue weighted by atomic mass is 9.81. The lowest BCUT2D eigenvalue weighted by molar-refractivity contribution is -0.117. The number of piperidine rings is 1. The maximum Gasteiger partial charge on any atom is 0.255 e. The van der Waals surface area contributed by atoms with E-state index in [0.29, 0.717) is 31.0 Å². The molecule has 2 unspecified atom stereocenters. The molecule has 2 amide bonds. The van der Waals surface area contributed by atoms with E-state index in [1.165, 1.54) is 0 Å². The van der Waals surface area contributed by atoms with Gasteiger partial charge in [0.2, 0.25) is 5.91 Å². The quantitative estimate of drug-likeness (QED) is 0.671. The van der Waals surface area contributed by atoms with Crippen LogP contribution in [0.4, 0.5) is 5.69 Å². The summed E-state index contributed by atoms with van der Waals surface area (Å²) < 4.78 is 0. The van der Waals surface area contributed by atoms with Crippen LogP contribution in [0.1, 0.15) is 36.5 Å². The number of carbonyl (C=O) groups excluding carboxylic acids is 2. The molecular weight excluding hydrogens is 374 g/mol. The number of aromatic nitrogens is 1. The lowest BCUT2D eigenvalue weighted by Gasteiger charge is -2.38. The van der Waals surface area contributed by atoms with Crippen LogP contribution in [0.2, 0.25) is 0 Å². The number of pyridine rings is 1. The van der Waals surface area contributed by atoms with Gasteiger partial charge in [-0.2, -0.15) is 0 Å². The van der Waals surface area contributed by atoms with Gasteiger partial charge in [0.25, 0.3) is 5.91 Å². The molecule has 30 heavy (non-hydrogen) atoms. The van der Waals surface area contributed by atoms with Crippen LogP contribution in [0.3, 0.4) is 0 Å². The van der Waals surface area contributed by atoms with E-state index in [0.717, 1.165) is 29.3 Å². The van der Waals surface area contributed by atoms with Crippen molar-refractivity contribution in [2.75, 3.05) is 18.4 Å². The van der Waals surface area contributed by atoms with Gasteiger partial charge in [0.1, 0.15) is 0 Å². The van der Waals surface area contributed by atoms with Crippen molar-refractivity contribution >= 4 is 28.3 Å². The van der Waals surface area contributed by atoms with Crippen molar-refractivity contribution < 1.29 is 9.59 Å². The van der Waals surface area contributed by atoms with Gasteiger partial charge >= 0.3 is 0 Å². The van der Waals surface area contributed by atoms with Crippen molar-refractivity contribution in [3.05, 3.63) is 72.6 Å². The molecule has 2 heterocycles. The summed E-state index contributed by atoms with van der Waals surface area (Å²) in [5, 5.41) is 5.28. The van der Waals surface area contributed by atoms with E-state index in [4.69, 9.17) is 0 Å². The average Bonchev–Trinajstić information content (AvgIpc) is 2.79. The molecule has 4 rings (SSSR count). The summed E-state index contributed by atoms with van der Waals surface area (Å²) in [5.74, 6) is 0.669. The van der Waals surface area contributed by atoms with Gasteiger partial charge in [0, 0.05) is 43.0 Å². The maximum atomic E-state index is 12.8. The third-order valence-electron chi connectivity index (χ3n) is 6.12. The molecule has 1 aromatic heterocycles. The van der Waals surface area contributed by atoms with E-state index >= 15 is 0 Å². The molecule has 0 bridgehead atoms. The number of benzene rings is 2. The molecule has 0 radical (unpaired) electrons. The number of hydrogen-bond acceptors (Lipinski definition) is 3. The number of carbonyl (C=O) groups is 2. The van der Waals surface area contributed by atoms with Gasteiger partial charge in [0.05, 0.1) is 5.56 Å². The van der Waals surface area contributed by atoms with E-state index in [9.17, 15) is 9.59 Å². The van der Waals surface area contributed by atoms with Gasteiger partial charge in [-0.25, -0.2) is 0 Å². The van der Waals surface area contributed by atoms with Crippen molar-refractivity contribution in [3.63, 3.8) is 0 Å². The Hall–Kier alpha value is -3.21. The second-order valence-corrected chi connectivity index (χ2v) is 7.99. The highest BCUT2D eigenvalue weighted by Gasteiger charge is 2.32. The Bertz CT molecular complexity index is 1030. The minimum absolute atomic E-state index is 0.0280. The Kier molecular flexibility index (Phi) is 6.07. The van der Waals surface area contributed by atoms with Crippen molar-refractivity contribution in [1.82, 2.24) is 9.88 Å². The fourth-order valence-corrected chi connectivity index (χ4v) is 4.44. The number of rotatable bonds is 5. The second-order valence-electron chi connectivity index (χ2n) is 7.99. The first-order chi connectivity index (χ1) is 14.7. The molecule has 2 aromatic carbocycles. The maximum absolute atomic E-state index is 12.8. The zero-order chi connectivity index (χ0) is 20.9. The highest BCUT2D eigenvalue weighted by Crippen LogP contribution is 2.31. The first-order valence-electron chi connectivity index (χ1n) is 10.6. The summed E-state index contributed by atoms with van der Waals surface area (Å²) in [6.07, 6.45) is 5.56. The minimum atomic E-state index is 0.0280. The Balaban J connectivity index is 1.40. The molecule has 0 spiro atoms. The van der Waals surface area contributed by atoms with Crippen LogP contribution in [0.25, 0.3) is 10.8 Å². The molecule has 3 aromatic rings. The molecule has 0 aliphatic carbocycles. The zero-order valence-electron chi connectivity index (χ0n) is 17.3. The standard InChI is InChI=1S/C25H27N3O2/c1-2-18-17-28(25(30)21-9-6-13-26-16-21)14-12-20(18)15-24(29)27-23-11-5-8-19-7-3-4-10-22(19)23/h3-11,13,16,18,20H,2,12,14-15,17H2,1H3,(H,27,29). The minimum Gasteiger partial charge on any atom is -0.338 e. The summed E-state index contributed by atoms with van der Waals surface area (Å²) in [6, 6.07) is 17.6. The number of hydrogen-bond donors (Lipinski definition) is 1. The van der Waals surface area contributed by atoms with Gasteiger partial charge in [0.15, 0.2) is 0 Å². The van der Waals surface area contributed by atoms with E-state index in [-0.39, 0.29) is 17.7 Å². The molecule has 5 nitrogen and oxygen atoms in total. The number of nitrogens with one attached hydrogen (secondary N) is 1. The van der Waals surface area contributed by atoms with Gasteiger partial charge in [-0.05, 0) is 41.8 Å². The zero-order valence-corrected chi connectivity index (χ0v) is 17.3. The first kappa shape index (κ1) is 20.1. The molecule has 2 atom stereocenters. The normalized spacial score (nSPS) is 18.9. The Morgan fingerprint density at radius 3 is 2.70 bits per heavy atom. The first-order valence-corrected chi connectivity index (χ1v) is 10.6. The van der Waals surface area contributed by atoms with Crippen LogP contribution < -0.4 is 5.32 Å². The number of likely N-dealkylation sites (tertiary alicyclic amines) is 1. The molecule has 0 saturated carbocycles. The molecule has 1 fully saturated rings. The van der Waals surface area contributed by atoms with Crippen molar-refractivity contribution in [3.8, 4) is 0 Å². The van der Waals surface area contributed by atoms with Crippen molar-refractivity contribution in [2.45, 2.75) is 26.2 Å². The van der Waals surface area contributed by atoms with Gasteiger partial charge < -0.3 is 10.2 Å². The topological polar surface area (TPSA) is 62.3 Å². The highest BCUT2D eigenvalue weighted by atomic mass is 16.2. The number of amides is 2. The fourth-order valence-electron chi connectivity index (χ4n) is 4.44. The Labute approximate surface area is 177 Å². The predicted octanol–water partition coefficient (Wildman–Crippen LogP) is 4.75. The van der Waals surface area contributed by atoms with Crippen molar-refractivity contribution in [1.29, 1.82) is 0 Å². The number of fused-ring (bicyclic) bond motifs is 1. The van der Waals surface area contributed by atoms with Crippen molar-refractivity contribution in [2.24, 2.45) is 11.8 Å². The van der Waals surface area contributed by atoms with E-state index in [1.54, 1.807) is 24.5 Å². The highest BCUT2D eigenvalue weighted by molar-refractivity contribution is 6.02. The molecule has 154 valence electrons. The van der Waals surface area contributed by atoms with Crippen LogP contribution in [-0.2, 0) is 4.79 Å². The molecule has 5 heteroatoms. The number of nitrogens with zero attached hydrogens (tertiary/aromatic N) is 2. The monoisotopic (exact) mass is 401 g/mol. The SMILES string of the molecule is CCC1CN(C(=O)c2cccnc2)CCC1CC(=O)Nc1cccc2ccccc12. The van der Waals surface area contributed by atoms with Crippen LogP contribution in [0.15, 0.2) is 67.0 Å². The predicted molar refractivity (Wildman–Crippen MR) is 119 cm³/mol. The Morgan fingerprint density at radius 2 is 1.90 bits per heavy atom. The summed E-state index contributed by atoms with van der Waals surface area (Å²) in [6.45, 7) is 3.51. The summed E-state index contributed by atoms with van der Waals surface area (Å²) >= 11 is 0. The molecular formula is C25H27N3O2. The van der Waals surface area contributed by atoms with E-state index < -0.39 is 0 Å². The van der Waals surface area contributed by atoms with Crippen LogP contribution in [0.5, 0.6) is 0 Å². The third-order valence-corrected chi connectivity index (χ3v) is 6.12. The molecule has 1 aliphatic rings. The largest absolute Gasteiger partial charge is 0.338 e. The average molecular weight is 402 g/mol. The molecule has 1 N–H and O–H groups in total. The van der Waals surface area contributed by atoms with Crippen LogP contribution in [-0.4, -0.2) is 34.8 Å². The van der Waals surface area contributed by atoms with E-state index in [2.05, 4.69) is 17.2 Å². The van der Waals surface area contributed by atoms with Crippen LogP contribution in [0, 0.1) is 11.8 Å².